The lowest BCUT2D eigenvalue weighted by Gasteiger charge is -2.13. The van der Waals surface area contributed by atoms with Crippen LogP contribution in [0, 0.1) is 17.6 Å². The Labute approximate surface area is 111 Å². The molecule has 0 atom stereocenters. The second-order valence-corrected chi connectivity index (χ2v) is 4.50. The quantitative estimate of drug-likeness (QED) is 0.401. The lowest BCUT2D eigenvalue weighted by Crippen LogP contribution is -2.23. The van der Waals surface area contributed by atoms with Gasteiger partial charge in [-0.3, -0.25) is 0 Å². The minimum absolute atomic E-state index is 0.193. The summed E-state index contributed by atoms with van der Waals surface area (Å²) in [7, 11) is 0. The predicted molar refractivity (Wildman–Crippen MR) is 60.8 cm³/mol. The zero-order chi connectivity index (χ0) is 14.9. The molecule has 1 aliphatic rings. The van der Waals surface area contributed by atoms with Crippen LogP contribution in [0.5, 0.6) is 0 Å². The molecule has 20 heavy (non-hydrogen) atoms. The number of amidine groups is 1. The van der Waals surface area contributed by atoms with Crippen LogP contribution in [0.1, 0.15) is 24.0 Å². The third-order valence-electron chi connectivity index (χ3n) is 2.83. The van der Waals surface area contributed by atoms with E-state index in [-0.39, 0.29) is 6.61 Å². The van der Waals surface area contributed by atoms with Crippen LogP contribution in [0.25, 0.3) is 0 Å². The summed E-state index contributed by atoms with van der Waals surface area (Å²) < 4.78 is 64.8. The van der Waals surface area contributed by atoms with Crippen LogP contribution in [-0.4, -0.2) is 12.4 Å². The fourth-order valence-corrected chi connectivity index (χ4v) is 1.58. The summed E-state index contributed by atoms with van der Waals surface area (Å²) in [6.07, 6.45) is -2.99. The van der Waals surface area contributed by atoms with Gasteiger partial charge in [0.2, 0.25) is 0 Å². The SMILES string of the molecule is NC(=NOCC1CC1)c1c(C(F)(F)F)ccc(F)c1F. The lowest BCUT2D eigenvalue weighted by atomic mass is 10.1. The molecule has 1 saturated carbocycles. The van der Waals surface area contributed by atoms with Crippen molar-refractivity contribution in [2.75, 3.05) is 6.61 Å². The van der Waals surface area contributed by atoms with Crippen molar-refractivity contribution >= 4 is 5.84 Å². The standard InChI is InChI=1S/C12H11F5N2O/c13-8-4-3-7(12(15,16)17)9(10(8)14)11(18)19-20-5-6-1-2-6/h3-4,6H,1-2,5H2,(H2,18,19). The molecule has 110 valence electrons. The number of oxime groups is 1. The first-order chi connectivity index (χ1) is 9.30. The lowest BCUT2D eigenvalue weighted by molar-refractivity contribution is -0.138. The second kappa shape index (κ2) is 5.26. The van der Waals surface area contributed by atoms with Crippen LogP contribution in [0.2, 0.25) is 0 Å². The number of nitrogens with zero attached hydrogens (tertiary/aromatic N) is 1. The van der Waals surface area contributed by atoms with E-state index >= 15 is 0 Å². The summed E-state index contributed by atoms with van der Waals surface area (Å²) >= 11 is 0. The molecule has 2 rings (SSSR count). The van der Waals surface area contributed by atoms with E-state index in [0.717, 1.165) is 12.8 Å². The van der Waals surface area contributed by atoms with Gasteiger partial charge in [-0.1, -0.05) is 5.16 Å². The molecule has 0 heterocycles. The fourth-order valence-electron chi connectivity index (χ4n) is 1.58. The summed E-state index contributed by atoms with van der Waals surface area (Å²) in [6, 6.07) is 0.803. The molecular weight excluding hydrogens is 283 g/mol. The zero-order valence-corrected chi connectivity index (χ0v) is 10.2. The number of alkyl halides is 3. The highest BCUT2D eigenvalue weighted by Crippen LogP contribution is 2.34. The molecule has 0 amide bonds. The molecule has 0 aromatic heterocycles. The Hall–Kier alpha value is -1.86. The van der Waals surface area contributed by atoms with Crippen molar-refractivity contribution in [2.24, 2.45) is 16.8 Å². The number of halogens is 5. The molecule has 1 aliphatic carbocycles. The van der Waals surface area contributed by atoms with Gasteiger partial charge in [0.25, 0.3) is 0 Å². The Kier molecular flexibility index (Phi) is 3.82. The summed E-state index contributed by atoms with van der Waals surface area (Å²) in [5.41, 5.74) is 2.76. The fraction of sp³-hybridized carbons (Fsp3) is 0.417. The normalized spacial score (nSPS) is 16.4. The van der Waals surface area contributed by atoms with Crippen LogP contribution < -0.4 is 5.73 Å². The molecule has 1 aromatic carbocycles. The number of rotatable bonds is 4. The Morgan fingerprint density at radius 3 is 2.50 bits per heavy atom. The average molecular weight is 294 g/mol. The van der Waals surface area contributed by atoms with Crippen LogP contribution in [0.15, 0.2) is 17.3 Å². The molecule has 2 N–H and O–H groups in total. The van der Waals surface area contributed by atoms with Crippen molar-refractivity contribution in [1.29, 1.82) is 0 Å². The van der Waals surface area contributed by atoms with E-state index in [9.17, 15) is 22.0 Å². The molecule has 0 spiro atoms. The molecule has 1 fully saturated rings. The first-order valence-corrected chi connectivity index (χ1v) is 5.81. The Balaban J connectivity index is 2.33. The number of hydrogen-bond donors (Lipinski definition) is 1. The molecule has 3 nitrogen and oxygen atoms in total. The maximum absolute atomic E-state index is 13.5. The Morgan fingerprint density at radius 1 is 1.30 bits per heavy atom. The Morgan fingerprint density at radius 2 is 1.95 bits per heavy atom. The van der Waals surface area contributed by atoms with Crippen LogP contribution in [-0.2, 0) is 11.0 Å². The molecule has 1 aromatic rings. The molecule has 0 radical (unpaired) electrons. The molecule has 0 bridgehead atoms. The van der Waals surface area contributed by atoms with Crippen molar-refractivity contribution in [3.8, 4) is 0 Å². The first kappa shape index (κ1) is 14.5. The van der Waals surface area contributed by atoms with E-state index in [2.05, 4.69) is 5.16 Å². The highest BCUT2D eigenvalue weighted by Gasteiger charge is 2.37. The van der Waals surface area contributed by atoms with Gasteiger partial charge in [0.05, 0.1) is 11.1 Å². The third-order valence-corrected chi connectivity index (χ3v) is 2.83. The van der Waals surface area contributed by atoms with E-state index in [1.165, 1.54) is 0 Å². The largest absolute Gasteiger partial charge is 0.417 e. The van der Waals surface area contributed by atoms with Crippen molar-refractivity contribution in [3.05, 3.63) is 34.9 Å². The van der Waals surface area contributed by atoms with Crippen molar-refractivity contribution in [2.45, 2.75) is 19.0 Å². The summed E-state index contributed by atoms with van der Waals surface area (Å²) in [5, 5.41) is 3.24. The zero-order valence-electron chi connectivity index (χ0n) is 10.2. The summed E-state index contributed by atoms with van der Waals surface area (Å²) in [6.45, 7) is 0.193. The summed E-state index contributed by atoms with van der Waals surface area (Å²) in [5.74, 6) is -3.68. The van der Waals surface area contributed by atoms with Crippen LogP contribution in [0.3, 0.4) is 0 Å². The number of benzene rings is 1. The topological polar surface area (TPSA) is 47.6 Å². The highest BCUT2D eigenvalue weighted by atomic mass is 19.4. The third kappa shape index (κ3) is 3.17. The van der Waals surface area contributed by atoms with E-state index in [1.807, 2.05) is 0 Å². The van der Waals surface area contributed by atoms with E-state index in [1.54, 1.807) is 0 Å². The molecule has 0 unspecified atom stereocenters. The minimum atomic E-state index is -4.87. The molecule has 0 aliphatic heterocycles. The number of nitrogens with two attached hydrogens (primary N) is 1. The second-order valence-electron chi connectivity index (χ2n) is 4.50. The monoisotopic (exact) mass is 294 g/mol. The van der Waals surface area contributed by atoms with E-state index < -0.39 is 34.8 Å². The van der Waals surface area contributed by atoms with Crippen LogP contribution >= 0.6 is 0 Å². The maximum Gasteiger partial charge on any atom is 0.417 e. The van der Waals surface area contributed by atoms with E-state index in [0.29, 0.717) is 18.1 Å². The van der Waals surface area contributed by atoms with Crippen molar-refractivity contribution in [1.82, 2.24) is 0 Å². The van der Waals surface area contributed by atoms with Gasteiger partial charge >= 0.3 is 6.18 Å². The maximum atomic E-state index is 13.5. The van der Waals surface area contributed by atoms with Gasteiger partial charge in [-0.05, 0) is 30.9 Å². The minimum Gasteiger partial charge on any atom is -0.394 e. The van der Waals surface area contributed by atoms with Gasteiger partial charge in [-0.15, -0.1) is 0 Å². The van der Waals surface area contributed by atoms with Crippen molar-refractivity contribution < 1.29 is 26.8 Å². The average Bonchev–Trinajstić information content (AvgIpc) is 3.14. The molecule has 0 saturated heterocycles. The predicted octanol–water partition coefficient (Wildman–Crippen LogP) is 3.03. The number of hydrogen-bond acceptors (Lipinski definition) is 2. The van der Waals surface area contributed by atoms with Gasteiger partial charge in [0, 0.05) is 0 Å². The summed E-state index contributed by atoms with van der Waals surface area (Å²) in [4.78, 5) is 4.74. The van der Waals surface area contributed by atoms with Gasteiger partial charge in [0.1, 0.15) is 6.61 Å². The van der Waals surface area contributed by atoms with Gasteiger partial charge in [0.15, 0.2) is 17.5 Å². The van der Waals surface area contributed by atoms with Gasteiger partial charge in [-0.25, -0.2) is 8.78 Å². The highest BCUT2D eigenvalue weighted by molar-refractivity contribution is 5.98. The Bertz CT molecular complexity index is 537. The molecular formula is C12H11F5N2O. The first-order valence-electron chi connectivity index (χ1n) is 5.81. The van der Waals surface area contributed by atoms with Crippen molar-refractivity contribution in [3.63, 3.8) is 0 Å². The molecule has 8 heteroatoms. The van der Waals surface area contributed by atoms with E-state index in [4.69, 9.17) is 10.6 Å². The van der Waals surface area contributed by atoms with Gasteiger partial charge in [-0.2, -0.15) is 13.2 Å². The van der Waals surface area contributed by atoms with Crippen LogP contribution in [0.4, 0.5) is 22.0 Å². The smallest absolute Gasteiger partial charge is 0.394 e. The van der Waals surface area contributed by atoms with Gasteiger partial charge < -0.3 is 10.6 Å².